The third-order valence-corrected chi connectivity index (χ3v) is 14.2. The Bertz CT molecular complexity index is 1350. The second kappa shape index (κ2) is 51.7. The summed E-state index contributed by atoms with van der Waals surface area (Å²) in [6.07, 6.45) is 55.0. The van der Waals surface area contributed by atoms with Crippen molar-refractivity contribution in [1.82, 2.24) is 5.32 Å². The third kappa shape index (κ3) is 41.5. The summed E-state index contributed by atoms with van der Waals surface area (Å²) in [6.45, 7) is 4.28. The average Bonchev–Trinajstić information content (AvgIpc) is 3.39. The van der Waals surface area contributed by atoms with Crippen LogP contribution in [0.3, 0.4) is 0 Å². The summed E-state index contributed by atoms with van der Waals surface area (Å²) in [7, 11) is 0. The Morgan fingerprint density at radius 3 is 1.42 bits per heavy atom. The number of allylic oxidation sites excluding steroid dienone is 7. The van der Waals surface area contributed by atoms with E-state index >= 15 is 0 Å². The zero-order valence-electron chi connectivity index (χ0n) is 46.8. The molecule has 1 saturated heterocycles. The van der Waals surface area contributed by atoms with Gasteiger partial charge in [-0.1, -0.05) is 217 Å². The Morgan fingerprint density at radius 2 is 0.918 bits per heavy atom. The van der Waals surface area contributed by atoms with Crippen molar-refractivity contribution in [2.24, 2.45) is 0 Å². The highest BCUT2D eigenvalue weighted by Crippen LogP contribution is 2.23. The van der Waals surface area contributed by atoms with Gasteiger partial charge in [0.15, 0.2) is 6.29 Å². The van der Waals surface area contributed by atoms with E-state index in [0.29, 0.717) is 19.4 Å². The van der Waals surface area contributed by atoms with Gasteiger partial charge in [0, 0.05) is 12.8 Å². The van der Waals surface area contributed by atoms with Crippen molar-refractivity contribution < 1.29 is 49.3 Å². The molecule has 11 heteroatoms. The van der Waals surface area contributed by atoms with E-state index in [4.69, 9.17) is 14.2 Å². The highest BCUT2D eigenvalue weighted by Gasteiger charge is 2.44. The summed E-state index contributed by atoms with van der Waals surface area (Å²) in [5.74, 6) is -0.210. The summed E-state index contributed by atoms with van der Waals surface area (Å²) in [5, 5.41) is 54.2. The van der Waals surface area contributed by atoms with E-state index in [9.17, 15) is 35.1 Å². The zero-order chi connectivity index (χ0) is 53.1. The molecule has 1 amide bonds. The molecule has 0 bridgehead atoms. The van der Waals surface area contributed by atoms with Crippen LogP contribution in [0.25, 0.3) is 0 Å². The molecule has 73 heavy (non-hydrogen) atoms. The smallest absolute Gasteiger partial charge is 0.305 e. The van der Waals surface area contributed by atoms with Gasteiger partial charge >= 0.3 is 5.97 Å². The second-order valence-electron chi connectivity index (χ2n) is 21.0. The average molecular weight is 1030 g/mol. The summed E-state index contributed by atoms with van der Waals surface area (Å²) < 4.78 is 16.7. The van der Waals surface area contributed by atoms with Gasteiger partial charge in [0.25, 0.3) is 0 Å². The number of carbonyl (C=O) groups excluding carboxylic acids is 2. The Morgan fingerprint density at radius 1 is 0.507 bits per heavy atom. The molecule has 7 unspecified atom stereocenters. The van der Waals surface area contributed by atoms with E-state index in [0.717, 1.165) is 83.5 Å². The van der Waals surface area contributed by atoms with Gasteiger partial charge in [0.1, 0.15) is 24.4 Å². The van der Waals surface area contributed by atoms with Crippen LogP contribution in [-0.4, -0.2) is 100 Å². The summed E-state index contributed by atoms with van der Waals surface area (Å²) in [6, 6.07) is -0.817. The van der Waals surface area contributed by atoms with Crippen LogP contribution in [0.2, 0.25) is 0 Å². The number of aliphatic hydroxyl groups excluding tert-OH is 5. The van der Waals surface area contributed by atoms with Crippen molar-refractivity contribution >= 4 is 11.9 Å². The van der Waals surface area contributed by atoms with E-state index in [-0.39, 0.29) is 18.5 Å². The Balaban J connectivity index is 2.05. The molecule has 1 heterocycles. The number of hydrogen-bond acceptors (Lipinski definition) is 10. The van der Waals surface area contributed by atoms with Crippen molar-refractivity contribution in [3.05, 3.63) is 48.6 Å². The first-order valence-electron chi connectivity index (χ1n) is 30.4. The van der Waals surface area contributed by atoms with Gasteiger partial charge in [0.2, 0.25) is 5.91 Å². The second-order valence-corrected chi connectivity index (χ2v) is 21.0. The molecule has 6 N–H and O–H groups in total. The molecular weight excluding hydrogens is 919 g/mol. The van der Waals surface area contributed by atoms with E-state index in [1.807, 2.05) is 6.08 Å². The van der Waals surface area contributed by atoms with Gasteiger partial charge in [-0.05, 0) is 89.9 Å². The molecule has 426 valence electrons. The SMILES string of the molecule is CCCCC/C=C\CCCCCCCC(=O)OCCCCCCCCCCC/C=C\C/C=C\CCCCCCCCCC(=O)NC(COC1OC(CO)C(O)C(O)C1O)C(O)/C=C/CCCCCCCCCC. The molecule has 7 atom stereocenters. The summed E-state index contributed by atoms with van der Waals surface area (Å²) >= 11 is 0. The molecule has 0 saturated carbocycles. The Kier molecular flexibility index (Phi) is 48.6. The largest absolute Gasteiger partial charge is 0.466 e. The zero-order valence-corrected chi connectivity index (χ0v) is 46.8. The molecule has 1 aliphatic rings. The normalized spacial score (nSPS) is 19.2. The maximum absolute atomic E-state index is 13.0. The number of aliphatic hydroxyl groups is 5. The van der Waals surface area contributed by atoms with Gasteiger partial charge in [-0.3, -0.25) is 9.59 Å². The van der Waals surface area contributed by atoms with E-state index in [1.165, 1.54) is 161 Å². The van der Waals surface area contributed by atoms with Crippen LogP contribution in [-0.2, 0) is 23.8 Å². The maximum Gasteiger partial charge on any atom is 0.305 e. The first-order valence-corrected chi connectivity index (χ1v) is 30.4. The Labute approximate surface area is 446 Å². The summed E-state index contributed by atoms with van der Waals surface area (Å²) in [4.78, 5) is 25.0. The Hall–Kier alpha value is -2.38. The van der Waals surface area contributed by atoms with Crippen molar-refractivity contribution in [2.45, 2.75) is 314 Å². The van der Waals surface area contributed by atoms with Crippen LogP contribution in [0.4, 0.5) is 0 Å². The molecule has 0 aromatic heterocycles. The molecule has 0 radical (unpaired) electrons. The molecule has 1 rings (SSSR count). The monoisotopic (exact) mass is 1030 g/mol. The molecule has 11 nitrogen and oxygen atoms in total. The minimum atomic E-state index is -1.57. The van der Waals surface area contributed by atoms with Crippen LogP contribution in [0.5, 0.6) is 0 Å². The molecule has 0 aromatic rings. The number of ether oxygens (including phenoxy) is 3. The number of carbonyl (C=O) groups is 2. The molecule has 0 aliphatic carbocycles. The lowest BCUT2D eigenvalue weighted by Gasteiger charge is -2.40. The molecule has 1 aliphatic heterocycles. The third-order valence-electron chi connectivity index (χ3n) is 14.2. The predicted octanol–water partition coefficient (Wildman–Crippen LogP) is 14.1. The highest BCUT2D eigenvalue weighted by molar-refractivity contribution is 5.76. The van der Waals surface area contributed by atoms with Gasteiger partial charge in [-0.15, -0.1) is 0 Å². The van der Waals surface area contributed by atoms with Crippen molar-refractivity contribution in [1.29, 1.82) is 0 Å². The quantitative estimate of drug-likeness (QED) is 0.0195. The maximum atomic E-state index is 13.0. The van der Waals surface area contributed by atoms with Crippen LogP contribution < -0.4 is 5.32 Å². The topological polar surface area (TPSA) is 175 Å². The minimum absolute atomic E-state index is 0.0154. The predicted molar refractivity (Wildman–Crippen MR) is 301 cm³/mol. The fourth-order valence-electron chi connectivity index (χ4n) is 9.28. The first kappa shape index (κ1) is 68.6. The minimum Gasteiger partial charge on any atom is -0.466 e. The van der Waals surface area contributed by atoms with Crippen LogP contribution in [0, 0.1) is 0 Å². The standard InChI is InChI=1S/C62H113NO10/c1-3-5-7-9-11-13-15-30-34-38-42-46-50-58(67)71-51-47-43-39-35-31-28-26-24-22-20-18-16-17-19-21-23-25-27-29-33-37-41-45-49-57(66)63-54(53-72-62-61(70)60(69)59(68)56(52-64)73-62)55(65)48-44-40-36-32-14-12-10-8-6-4-2/h11,13,16,18-19,21,44,48,54-56,59-62,64-65,68-70H,3-10,12,14-15,17,20,22-43,45-47,49-53H2,1-2H3,(H,63,66)/b13-11-,18-16-,21-19-,48-44+. The van der Waals surface area contributed by atoms with E-state index < -0.39 is 49.5 Å². The number of esters is 1. The summed E-state index contributed by atoms with van der Waals surface area (Å²) in [5.41, 5.74) is 0. The number of hydrogen-bond donors (Lipinski definition) is 6. The molecular formula is C62H113NO10. The van der Waals surface area contributed by atoms with Crippen molar-refractivity contribution in [2.75, 3.05) is 19.8 Å². The lowest BCUT2D eigenvalue weighted by atomic mass is 9.99. The van der Waals surface area contributed by atoms with Gasteiger partial charge in [-0.2, -0.15) is 0 Å². The number of nitrogens with one attached hydrogen (secondary N) is 1. The number of unbranched alkanes of at least 4 members (excludes halogenated alkanes) is 32. The molecule has 0 spiro atoms. The molecule has 0 aromatic carbocycles. The first-order chi connectivity index (χ1) is 35.7. The van der Waals surface area contributed by atoms with E-state index in [1.54, 1.807) is 6.08 Å². The van der Waals surface area contributed by atoms with Crippen LogP contribution in [0.15, 0.2) is 48.6 Å². The van der Waals surface area contributed by atoms with Crippen molar-refractivity contribution in [3.8, 4) is 0 Å². The highest BCUT2D eigenvalue weighted by atomic mass is 16.7. The van der Waals surface area contributed by atoms with Gasteiger partial charge in [0.05, 0.1) is 32.0 Å². The van der Waals surface area contributed by atoms with Crippen LogP contribution >= 0.6 is 0 Å². The van der Waals surface area contributed by atoms with Gasteiger partial charge < -0.3 is 45.1 Å². The lowest BCUT2D eigenvalue weighted by molar-refractivity contribution is -0.302. The fraction of sp³-hybridized carbons (Fsp3) is 0.839. The van der Waals surface area contributed by atoms with Crippen LogP contribution in [0.1, 0.15) is 271 Å². The number of amides is 1. The fourth-order valence-corrected chi connectivity index (χ4v) is 9.28. The molecule has 1 fully saturated rings. The number of rotatable bonds is 52. The van der Waals surface area contributed by atoms with E-state index in [2.05, 4.69) is 55.6 Å². The van der Waals surface area contributed by atoms with Crippen molar-refractivity contribution in [3.63, 3.8) is 0 Å². The van der Waals surface area contributed by atoms with Gasteiger partial charge in [-0.25, -0.2) is 0 Å². The lowest BCUT2D eigenvalue weighted by Crippen LogP contribution is -2.60.